The number of furan rings is 1. The lowest BCUT2D eigenvalue weighted by Gasteiger charge is -2.34. The molecule has 0 aliphatic carbocycles. The number of amides is 1. The molecular weight excluding hydrogens is 491 g/mol. The van der Waals surface area contributed by atoms with Crippen LogP contribution in [0.2, 0.25) is 0 Å². The van der Waals surface area contributed by atoms with E-state index in [4.69, 9.17) is 18.6 Å². The number of carbonyl (C=O) groups is 1. The Morgan fingerprint density at radius 3 is 2.71 bits per heavy atom. The highest BCUT2D eigenvalue weighted by Gasteiger charge is 2.33. The Balaban J connectivity index is 1.47. The van der Waals surface area contributed by atoms with Crippen molar-refractivity contribution in [3.63, 3.8) is 0 Å². The lowest BCUT2D eigenvalue weighted by molar-refractivity contribution is -0.129. The number of nitrogens with one attached hydrogen (secondary N) is 1. The highest BCUT2D eigenvalue weighted by molar-refractivity contribution is 5.93. The molecule has 1 saturated heterocycles. The standard InChI is InChI=1S/C28H27FN4O5/c1-4-27(34)33-10-9-23(19(29)15-33)38-26-13-18-20(14-25(26)36-3)30-16-31-28(18)32-21-12-17(7-8-24(21)35-2)22-6-5-11-37-22/h4-8,11-14,16,19,23H,1,9-10,15H2,2-3H3,(H,30,31,32)/t19-,23-/m0/s1. The molecule has 2 aromatic carbocycles. The molecule has 38 heavy (non-hydrogen) atoms. The Morgan fingerprint density at radius 1 is 1.16 bits per heavy atom. The van der Waals surface area contributed by atoms with Gasteiger partial charge in [-0.05, 0) is 42.5 Å². The van der Waals surface area contributed by atoms with E-state index in [1.807, 2.05) is 30.3 Å². The lowest BCUT2D eigenvalue weighted by atomic mass is 10.1. The fourth-order valence-corrected chi connectivity index (χ4v) is 4.45. The number of hydrogen-bond acceptors (Lipinski definition) is 8. The molecule has 1 N–H and O–H groups in total. The van der Waals surface area contributed by atoms with Crippen LogP contribution in [0.3, 0.4) is 0 Å². The van der Waals surface area contributed by atoms with Gasteiger partial charge in [-0.15, -0.1) is 0 Å². The van der Waals surface area contributed by atoms with E-state index in [1.165, 1.54) is 24.4 Å². The van der Waals surface area contributed by atoms with Crippen molar-refractivity contribution >= 4 is 28.3 Å². The Hall–Kier alpha value is -4.60. The SMILES string of the molecule is C=CC(=O)N1CC[C@H](Oc2cc3c(Nc4cc(-c5ccco5)ccc4OC)ncnc3cc2OC)[C@@H](F)C1. The number of rotatable bonds is 8. The molecule has 1 fully saturated rings. The number of anilines is 2. The smallest absolute Gasteiger partial charge is 0.246 e. The van der Waals surface area contributed by atoms with Crippen LogP contribution in [0.15, 0.2) is 72.1 Å². The van der Waals surface area contributed by atoms with Crippen LogP contribution in [-0.4, -0.2) is 60.4 Å². The van der Waals surface area contributed by atoms with Crippen molar-refractivity contribution in [2.75, 3.05) is 32.6 Å². The van der Waals surface area contributed by atoms with Crippen LogP contribution in [0.4, 0.5) is 15.9 Å². The number of alkyl halides is 1. The van der Waals surface area contributed by atoms with Gasteiger partial charge in [-0.25, -0.2) is 14.4 Å². The van der Waals surface area contributed by atoms with Crippen molar-refractivity contribution in [3.05, 3.63) is 67.7 Å². The van der Waals surface area contributed by atoms with Gasteiger partial charge < -0.3 is 28.8 Å². The Morgan fingerprint density at radius 2 is 2.00 bits per heavy atom. The zero-order valence-electron chi connectivity index (χ0n) is 21.0. The topological polar surface area (TPSA) is 99.0 Å². The highest BCUT2D eigenvalue weighted by Crippen LogP contribution is 2.38. The second-order valence-electron chi connectivity index (χ2n) is 8.71. The number of halogens is 1. The van der Waals surface area contributed by atoms with E-state index < -0.39 is 12.3 Å². The van der Waals surface area contributed by atoms with Crippen molar-refractivity contribution in [1.82, 2.24) is 14.9 Å². The van der Waals surface area contributed by atoms with E-state index in [1.54, 1.807) is 25.5 Å². The number of piperidine rings is 1. The van der Waals surface area contributed by atoms with E-state index in [0.29, 0.717) is 58.4 Å². The Kier molecular flexibility index (Phi) is 7.12. The van der Waals surface area contributed by atoms with E-state index >= 15 is 0 Å². The lowest BCUT2D eigenvalue weighted by Crippen LogP contribution is -2.48. The first-order chi connectivity index (χ1) is 18.5. The third-order valence-electron chi connectivity index (χ3n) is 6.43. The van der Waals surface area contributed by atoms with Crippen molar-refractivity contribution in [3.8, 4) is 28.6 Å². The first-order valence-corrected chi connectivity index (χ1v) is 12.0. The maximum absolute atomic E-state index is 15.0. The summed E-state index contributed by atoms with van der Waals surface area (Å²) in [6, 6.07) is 12.8. The second kappa shape index (κ2) is 10.8. The van der Waals surface area contributed by atoms with Gasteiger partial charge in [0.25, 0.3) is 0 Å². The van der Waals surface area contributed by atoms with Crippen molar-refractivity contribution in [2.45, 2.75) is 18.7 Å². The average Bonchev–Trinajstić information content (AvgIpc) is 3.49. The summed E-state index contributed by atoms with van der Waals surface area (Å²) in [4.78, 5) is 22.1. The summed E-state index contributed by atoms with van der Waals surface area (Å²) in [7, 11) is 3.10. The van der Waals surface area contributed by atoms with Gasteiger partial charge in [0.1, 0.15) is 29.8 Å². The van der Waals surface area contributed by atoms with Gasteiger partial charge in [0.2, 0.25) is 5.91 Å². The first-order valence-electron chi connectivity index (χ1n) is 12.0. The zero-order chi connectivity index (χ0) is 26.6. The van der Waals surface area contributed by atoms with Crippen LogP contribution in [0.5, 0.6) is 17.2 Å². The number of benzene rings is 2. The quantitative estimate of drug-likeness (QED) is 0.320. The molecule has 0 unspecified atom stereocenters. The van der Waals surface area contributed by atoms with E-state index in [-0.39, 0.29) is 12.5 Å². The molecule has 0 saturated carbocycles. The summed E-state index contributed by atoms with van der Waals surface area (Å²) in [6.07, 6.45) is 2.45. The monoisotopic (exact) mass is 518 g/mol. The number of aromatic nitrogens is 2. The summed E-state index contributed by atoms with van der Waals surface area (Å²) in [5.41, 5.74) is 2.14. The summed E-state index contributed by atoms with van der Waals surface area (Å²) in [5, 5.41) is 3.97. The molecule has 0 bridgehead atoms. The average molecular weight is 519 g/mol. The molecule has 1 aliphatic heterocycles. The van der Waals surface area contributed by atoms with Gasteiger partial charge in [-0.3, -0.25) is 4.79 Å². The molecule has 3 heterocycles. The summed E-state index contributed by atoms with van der Waals surface area (Å²) < 4.78 is 37.7. The molecule has 4 aromatic rings. The highest BCUT2D eigenvalue weighted by atomic mass is 19.1. The number of likely N-dealkylation sites (tertiary alicyclic amines) is 1. The fraction of sp³-hybridized carbons (Fsp3) is 0.250. The van der Waals surface area contributed by atoms with Gasteiger partial charge >= 0.3 is 0 Å². The third-order valence-corrected chi connectivity index (χ3v) is 6.43. The summed E-state index contributed by atoms with van der Waals surface area (Å²) in [5.74, 6) is 2.29. The summed E-state index contributed by atoms with van der Waals surface area (Å²) in [6.45, 7) is 3.78. The minimum Gasteiger partial charge on any atom is -0.495 e. The van der Waals surface area contributed by atoms with Crippen LogP contribution in [-0.2, 0) is 4.79 Å². The molecule has 2 atom stereocenters. The number of fused-ring (bicyclic) bond motifs is 1. The van der Waals surface area contributed by atoms with E-state index in [2.05, 4.69) is 21.9 Å². The molecule has 9 nitrogen and oxygen atoms in total. The van der Waals surface area contributed by atoms with Crippen LogP contribution >= 0.6 is 0 Å². The normalized spacial score (nSPS) is 17.2. The van der Waals surface area contributed by atoms with Crippen LogP contribution in [0.1, 0.15) is 6.42 Å². The second-order valence-corrected chi connectivity index (χ2v) is 8.71. The van der Waals surface area contributed by atoms with Gasteiger partial charge in [-0.1, -0.05) is 6.58 Å². The molecule has 10 heteroatoms. The first kappa shape index (κ1) is 25.1. The van der Waals surface area contributed by atoms with Gasteiger partial charge in [0.05, 0.1) is 38.2 Å². The molecule has 1 amide bonds. The number of carbonyl (C=O) groups excluding carboxylic acids is 1. The largest absolute Gasteiger partial charge is 0.495 e. The Bertz CT molecular complexity index is 1460. The van der Waals surface area contributed by atoms with Crippen molar-refractivity contribution in [1.29, 1.82) is 0 Å². The summed E-state index contributed by atoms with van der Waals surface area (Å²) >= 11 is 0. The maximum atomic E-state index is 15.0. The van der Waals surface area contributed by atoms with Crippen LogP contribution in [0.25, 0.3) is 22.2 Å². The molecule has 196 valence electrons. The van der Waals surface area contributed by atoms with Gasteiger partial charge in [0.15, 0.2) is 17.7 Å². The number of ether oxygens (including phenoxy) is 3. The van der Waals surface area contributed by atoms with E-state index in [9.17, 15) is 9.18 Å². The molecule has 2 aromatic heterocycles. The zero-order valence-corrected chi connectivity index (χ0v) is 21.0. The van der Waals surface area contributed by atoms with Crippen molar-refractivity contribution in [2.24, 2.45) is 0 Å². The van der Waals surface area contributed by atoms with Crippen LogP contribution in [0, 0.1) is 0 Å². The molecule has 1 aliphatic rings. The predicted octanol–water partition coefficient (Wildman–Crippen LogP) is 5.15. The fourth-order valence-electron chi connectivity index (χ4n) is 4.45. The maximum Gasteiger partial charge on any atom is 0.246 e. The predicted molar refractivity (Wildman–Crippen MR) is 141 cm³/mol. The Labute approximate surface area is 218 Å². The van der Waals surface area contributed by atoms with E-state index in [0.717, 1.165) is 5.56 Å². The van der Waals surface area contributed by atoms with Crippen LogP contribution < -0.4 is 19.5 Å². The third kappa shape index (κ3) is 4.97. The number of nitrogens with zero attached hydrogens (tertiary/aromatic N) is 3. The van der Waals surface area contributed by atoms with Gasteiger partial charge in [0, 0.05) is 30.0 Å². The number of hydrogen-bond donors (Lipinski definition) is 1. The molecule has 0 radical (unpaired) electrons. The van der Waals surface area contributed by atoms with Gasteiger partial charge in [-0.2, -0.15) is 0 Å². The molecule has 5 rings (SSSR count). The minimum absolute atomic E-state index is 0.0624. The number of methoxy groups -OCH3 is 2. The molecular formula is C28H27FN4O5. The van der Waals surface area contributed by atoms with Crippen molar-refractivity contribution < 1.29 is 27.8 Å². The minimum atomic E-state index is -1.37. The molecule has 0 spiro atoms.